The molecule has 0 spiro atoms. The van der Waals surface area contributed by atoms with E-state index in [0.29, 0.717) is 23.1 Å². The van der Waals surface area contributed by atoms with Crippen molar-refractivity contribution in [3.8, 4) is 0 Å². The molecule has 6 nitrogen and oxygen atoms in total. The van der Waals surface area contributed by atoms with Gasteiger partial charge in [-0.25, -0.2) is 4.79 Å². The molecule has 1 atom stereocenters. The van der Waals surface area contributed by atoms with E-state index < -0.39 is 0 Å². The number of likely N-dealkylation sites (tertiary alicyclic amines) is 1. The van der Waals surface area contributed by atoms with Crippen molar-refractivity contribution in [1.82, 2.24) is 14.7 Å². The lowest BCUT2D eigenvalue weighted by atomic mass is 9.88. The number of piperidine rings is 1. The van der Waals surface area contributed by atoms with E-state index in [1.165, 1.54) is 7.11 Å². The van der Waals surface area contributed by atoms with Gasteiger partial charge in [0.15, 0.2) is 0 Å². The topological polar surface area (TPSA) is 53.1 Å². The molecule has 1 amide bonds. The highest BCUT2D eigenvalue weighted by atomic mass is 16.5. The van der Waals surface area contributed by atoms with Gasteiger partial charge in [-0.1, -0.05) is 0 Å². The van der Waals surface area contributed by atoms with Gasteiger partial charge in [0.05, 0.1) is 12.7 Å². The summed E-state index contributed by atoms with van der Waals surface area (Å²) in [5.74, 6) is 0.323. The summed E-state index contributed by atoms with van der Waals surface area (Å²) in [7, 11) is 3.54. The van der Waals surface area contributed by atoms with Gasteiger partial charge in [-0.3, -0.25) is 9.69 Å². The lowest BCUT2D eigenvalue weighted by Gasteiger charge is -2.42. The average Bonchev–Trinajstić information content (AvgIpc) is 2.73. The minimum Gasteiger partial charge on any atom is -0.465 e. The number of hydrogen-bond acceptors (Lipinski definition) is 5. The molecule has 1 aromatic rings. The number of benzene rings is 1. The number of carbonyl (C=O) groups excluding carboxylic acids is 2. The van der Waals surface area contributed by atoms with Crippen molar-refractivity contribution in [2.45, 2.75) is 25.8 Å². The van der Waals surface area contributed by atoms with Gasteiger partial charge >= 0.3 is 5.97 Å². The summed E-state index contributed by atoms with van der Waals surface area (Å²) in [5, 5.41) is 0. The van der Waals surface area contributed by atoms with Gasteiger partial charge in [0, 0.05) is 50.9 Å². The van der Waals surface area contributed by atoms with Crippen molar-refractivity contribution >= 4 is 11.9 Å². The van der Waals surface area contributed by atoms with E-state index in [4.69, 9.17) is 4.74 Å². The second-order valence-corrected chi connectivity index (χ2v) is 7.78. The van der Waals surface area contributed by atoms with E-state index in [2.05, 4.69) is 23.8 Å². The molecule has 0 radical (unpaired) electrons. The number of nitrogens with zero attached hydrogens (tertiary/aromatic N) is 3. The number of piperazine rings is 1. The van der Waals surface area contributed by atoms with Crippen LogP contribution in [0.5, 0.6) is 0 Å². The highest BCUT2D eigenvalue weighted by Gasteiger charge is 2.30. The zero-order valence-electron chi connectivity index (χ0n) is 16.7. The molecular weight excluding hydrogens is 342 g/mol. The molecule has 148 valence electrons. The zero-order valence-corrected chi connectivity index (χ0v) is 16.7. The van der Waals surface area contributed by atoms with Crippen LogP contribution in [0.1, 0.15) is 40.5 Å². The number of esters is 1. The van der Waals surface area contributed by atoms with Crippen LogP contribution in [0.3, 0.4) is 0 Å². The highest BCUT2D eigenvalue weighted by molar-refractivity contribution is 5.96. The summed E-state index contributed by atoms with van der Waals surface area (Å²) in [6.07, 6.45) is 2.11. The zero-order chi connectivity index (χ0) is 19.4. The van der Waals surface area contributed by atoms with E-state index in [9.17, 15) is 9.59 Å². The van der Waals surface area contributed by atoms with Crippen molar-refractivity contribution in [3.63, 3.8) is 0 Å². The third-order valence-electron chi connectivity index (χ3n) is 6.18. The number of ether oxygens (including phenoxy) is 1. The first-order chi connectivity index (χ1) is 13.0. The van der Waals surface area contributed by atoms with Gasteiger partial charge in [-0.2, -0.15) is 0 Å². The highest BCUT2D eigenvalue weighted by Crippen LogP contribution is 2.25. The number of carbonyl (C=O) groups is 2. The molecule has 2 saturated heterocycles. The molecule has 0 aromatic heterocycles. The van der Waals surface area contributed by atoms with E-state index in [0.717, 1.165) is 52.1 Å². The second-order valence-electron chi connectivity index (χ2n) is 7.78. The molecule has 0 N–H and O–H groups in total. The standard InChI is InChI=1S/C21H31N3O3/c1-16(23-14-12-22(2)13-15-23)17-8-10-24(11-9-17)20(25)18-4-6-19(7-5-18)21(26)27-3/h4-7,16-17H,8-15H2,1-3H3/t16-/m1/s1. The Morgan fingerprint density at radius 3 is 2.07 bits per heavy atom. The molecule has 0 saturated carbocycles. The fourth-order valence-corrected chi connectivity index (χ4v) is 4.16. The Hall–Kier alpha value is -1.92. The fourth-order valence-electron chi connectivity index (χ4n) is 4.16. The second kappa shape index (κ2) is 8.85. The SMILES string of the molecule is COC(=O)c1ccc(C(=O)N2CCC([C@@H](C)N3CCN(C)CC3)CC2)cc1. The Labute approximate surface area is 162 Å². The number of likely N-dealkylation sites (N-methyl/N-ethyl adjacent to an activating group) is 1. The van der Waals surface area contributed by atoms with E-state index >= 15 is 0 Å². The lowest BCUT2D eigenvalue weighted by molar-refractivity contribution is 0.0499. The number of amides is 1. The first kappa shape index (κ1) is 19.8. The maximum Gasteiger partial charge on any atom is 0.337 e. The molecule has 0 unspecified atom stereocenters. The Balaban J connectivity index is 1.52. The fraction of sp³-hybridized carbons (Fsp3) is 0.619. The minimum atomic E-state index is -0.382. The Bertz CT molecular complexity index is 645. The van der Waals surface area contributed by atoms with E-state index in [1.54, 1.807) is 24.3 Å². The number of hydrogen-bond donors (Lipinski definition) is 0. The largest absolute Gasteiger partial charge is 0.465 e. The van der Waals surface area contributed by atoms with Crippen LogP contribution in [0.15, 0.2) is 24.3 Å². The van der Waals surface area contributed by atoms with Crippen molar-refractivity contribution < 1.29 is 14.3 Å². The first-order valence-electron chi connectivity index (χ1n) is 9.90. The van der Waals surface area contributed by atoms with Crippen LogP contribution in [-0.2, 0) is 4.74 Å². The van der Waals surface area contributed by atoms with Crippen LogP contribution in [0.4, 0.5) is 0 Å². The van der Waals surface area contributed by atoms with Gasteiger partial charge < -0.3 is 14.5 Å². The summed E-state index contributed by atoms with van der Waals surface area (Å²) >= 11 is 0. The normalized spacial score (nSPS) is 21.1. The minimum absolute atomic E-state index is 0.0529. The molecule has 3 rings (SSSR count). The van der Waals surface area contributed by atoms with Crippen molar-refractivity contribution in [2.75, 3.05) is 53.4 Å². The van der Waals surface area contributed by atoms with Crippen molar-refractivity contribution in [1.29, 1.82) is 0 Å². The van der Waals surface area contributed by atoms with Gasteiger partial charge in [0.25, 0.3) is 5.91 Å². The molecular formula is C21H31N3O3. The van der Waals surface area contributed by atoms with Gasteiger partial charge in [-0.15, -0.1) is 0 Å². The third kappa shape index (κ3) is 4.68. The van der Waals surface area contributed by atoms with E-state index in [1.807, 2.05) is 4.90 Å². The predicted octanol–water partition coefficient (Wildman–Crippen LogP) is 1.96. The molecule has 2 aliphatic heterocycles. The van der Waals surface area contributed by atoms with Gasteiger partial charge in [0.2, 0.25) is 0 Å². The molecule has 2 heterocycles. The summed E-state index contributed by atoms with van der Waals surface area (Å²) in [4.78, 5) is 31.2. The van der Waals surface area contributed by atoms with Crippen LogP contribution < -0.4 is 0 Å². The molecule has 1 aromatic carbocycles. The molecule has 0 aliphatic carbocycles. The molecule has 6 heteroatoms. The summed E-state index contributed by atoms with van der Waals surface area (Å²) in [6, 6.07) is 7.32. The quantitative estimate of drug-likeness (QED) is 0.755. The maximum atomic E-state index is 12.8. The van der Waals surface area contributed by atoms with Crippen molar-refractivity contribution in [2.24, 2.45) is 5.92 Å². The van der Waals surface area contributed by atoms with Gasteiger partial charge in [0.1, 0.15) is 0 Å². The summed E-state index contributed by atoms with van der Waals surface area (Å²) in [6.45, 7) is 8.53. The smallest absolute Gasteiger partial charge is 0.337 e. The Kier molecular flexibility index (Phi) is 6.50. The Morgan fingerprint density at radius 2 is 1.52 bits per heavy atom. The molecule has 27 heavy (non-hydrogen) atoms. The first-order valence-corrected chi connectivity index (χ1v) is 9.90. The van der Waals surface area contributed by atoms with Crippen LogP contribution in [0.2, 0.25) is 0 Å². The van der Waals surface area contributed by atoms with Crippen LogP contribution in [0.25, 0.3) is 0 Å². The molecule has 2 fully saturated rings. The third-order valence-corrected chi connectivity index (χ3v) is 6.18. The molecule has 0 bridgehead atoms. The molecule has 2 aliphatic rings. The summed E-state index contributed by atoms with van der Waals surface area (Å²) < 4.78 is 4.70. The number of methoxy groups -OCH3 is 1. The summed E-state index contributed by atoms with van der Waals surface area (Å²) in [5.41, 5.74) is 1.10. The van der Waals surface area contributed by atoms with Crippen molar-refractivity contribution in [3.05, 3.63) is 35.4 Å². The van der Waals surface area contributed by atoms with Crippen LogP contribution in [0, 0.1) is 5.92 Å². The maximum absolute atomic E-state index is 12.8. The monoisotopic (exact) mass is 373 g/mol. The predicted molar refractivity (Wildman–Crippen MR) is 105 cm³/mol. The van der Waals surface area contributed by atoms with Gasteiger partial charge in [-0.05, 0) is 57.0 Å². The number of rotatable bonds is 4. The van der Waals surface area contributed by atoms with Crippen LogP contribution >= 0.6 is 0 Å². The van der Waals surface area contributed by atoms with E-state index in [-0.39, 0.29) is 11.9 Å². The van der Waals surface area contributed by atoms with Crippen LogP contribution in [-0.4, -0.2) is 86.0 Å². The Morgan fingerprint density at radius 1 is 0.963 bits per heavy atom. The average molecular weight is 373 g/mol. The lowest BCUT2D eigenvalue weighted by Crippen LogP contribution is -2.52.